The molecule has 0 radical (unpaired) electrons. The number of pyridine rings is 1. The standard InChI is InChI=1S/C12H10N2O2/c13-10-4-2-1-3-9(10)8-5-6-11(12(15)16)14-7-8/h1-7H,13H2,(H,15,16). The summed E-state index contributed by atoms with van der Waals surface area (Å²) in [7, 11) is 0. The van der Waals surface area contributed by atoms with E-state index in [1.54, 1.807) is 12.1 Å². The summed E-state index contributed by atoms with van der Waals surface area (Å²) in [6.07, 6.45) is 1.51. The molecular formula is C12H10N2O2. The summed E-state index contributed by atoms with van der Waals surface area (Å²) in [6, 6.07) is 10.5. The van der Waals surface area contributed by atoms with Crippen LogP contribution in [-0.2, 0) is 0 Å². The minimum atomic E-state index is -1.03. The lowest BCUT2D eigenvalue weighted by Crippen LogP contribution is -1.99. The van der Waals surface area contributed by atoms with Crippen molar-refractivity contribution in [2.45, 2.75) is 0 Å². The maximum atomic E-state index is 10.6. The van der Waals surface area contributed by atoms with Gasteiger partial charge >= 0.3 is 5.97 Å². The molecule has 3 N–H and O–H groups in total. The molecule has 1 heterocycles. The molecule has 0 unspecified atom stereocenters. The molecule has 0 fully saturated rings. The van der Waals surface area contributed by atoms with Crippen LogP contribution in [0, 0.1) is 0 Å². The van der Waals surface area contributed by atoms with Crippen LogP contribution in [0.5, 0.6) is 0 Å². The average molecular weight is 214 g/mol. The summed E-state index contributed by atoms with van der Waals surface area (Å²) in [5.41, 5.74) is 8.14. The van der Waals surface area contributed by atoms with E-state index in [0.717, 1.165) is 11.1 Å². The number of anilines is 1. The Labute approximate surface area is 92.4 Å². The van der Waals surface area contributed by atoms with E-state index >= 15 is 0 Å². The number of nitrogens with two attached hydrogens (primary N) is 1. The summed E-state index contributed by atoms with van der Waals surface area (Å²) in [5, 5.41) is 8.71. The van der Waals surface area contributed by atoms with Crippen molar-refractivity contribution in [3.05, 3.63) is 48.3 Å². The topological polar surface area (TPSA) is 76.2 Å². The summed E-state index contributed by atoms with van der Waals surface area (Å²) < 4.78 is 0. The summed E-state index contributed by atoms with van der Waals surface area (Å²) in [6.45, 7) is 0. The number of nitrogen functional groups attached to an aromatic ring is 1. The Balaban J connectivity index is 2.43. The Morgan fingerprint density at radius 1 is 1.19 bits per heavy atom. The monoisotopic (exact) mass is 214 g/mol. The highest BCUT2D eigenvalue weighted by molar-refractivity contribution is 5.86. The van der Waals surface area contributed by atoms with E-state index in [2.05, 4.69) is 4.98 Å². The number of hydrogen-bond acceptors (Lipinski definition) is 3. The SMILES string of the molecule is Nc1ccccc1-c1ccc(C(=O)O)nc1. The third-order valence-corrected chi connectivity index (χ3v) is 2.25. The Morgan fingerprint density at radius 2 is 1.94 bits per heavy atom. The number of hydrogen-bond donors (Lipinski definition) is 2. The fraction of sp³-hybridized carbons (Fsp3) is 0. The first-order valence-corrected chi connectivity index (χ1v) is 4.72. The Hall–Kier alpha value is -2.36. The largest absolute Gasteiger partial charge is 0.477 e. The lowest BCUT2D eigenvalue weighted by atomic mass is 10.1. The second-order valence-corrected chi connectivity index (χ2v) is 3.32. The smallest absolute Gasteiger partial charge is 0.354 e. The maximum absolute atomic E-state index is 10.6. The average Bonchev–Trinajstić information content (AvgIpc) is 2.30. The molecular weight excluding hydrogens is 204 g/mol. The number of carbonyl (C=O) groups is 1. The molecule has 0 aliphatic heterocycles. The number of carboxylic acid groups (broad SMARTS) is 1. The Kier molecular flexibility index (Phi) is 2.55. The van der Waals surface area contributed by atoms with Gasteiger partial charge in [0.1, 0.15) is 5.69 Å². The molecule has 0 atom stereocenters. The first-order chi connectivity index (χ1) is 7.68. The summed E-state index contributed by atoms with van der Waals surface area (Å²) >= 11 is 0. The highest BCUT2D eigenvalue weighted by Crippen LogP contribution is 2.24. The van der Waals surface area contributed by atoms with Gasteiger partial charge in [-0.25, -0.2) is 9.78 Å². The number of benzene rings is 1. The van der Waals surface area contributed by atoms with Crippen molar-refractivity contribution in [1.82, 2.24) is 4.98 Å². The number of nitrogens with zero attached hydrogens (tertiary/aromatic N) is 1. The second kappa shape index (κ2) is 4.02. The Morgan fingerprint density at radius 3 is 2.50 bits per heavy atom. The maximum Gasteiger partial charge on any atom is 0.354 e. The number of aromatic nitrogens is 1. The van der Waals surface area contributed by atoms with Crippen LogP contribution in [0.15, 0.2) is 42.6 Å². The highest BCUT2D eigenvalue weighted by atomic mass is 16.4. The number of rotatable bonds is 2. The molecule has 80 valence electrons. The molecule has 1 aromatic heterocycles. The second-order valence-electron chi connectivity index (χ2n) is 3.32. The zero-order valence-electron chi connectivity index (χ0n) is 8.42. The molecule has 0 amide bonds. The van der Waals surface area contributed by atoms with Crippen LogP contribution in [0.2, 0.25) is 0 Å². The lowest BCUT2D eigenvalue weighted by molar-refractivity contribution is 0.0690. The molecule has 0 saturated heterocycles. The van der Waals surface area contributed by atoms with Crippen molar-refractivity contribution < 1.29 is 9.90 Å². The van der Waals surface area contributed by atoms with Gasteiger partial charge in [-0.1, -0.05) is 24.3 Å². The first-order valence-electron chi connectivity index (χ1n) is 4.72. The molecule has 0 spiro atoms. The van der Waals surface area contributed by atoms with Crippen LogP contribution in [-0.4, -0.2) is 16.1 Å². The first kappa shape index (κ1) is 10.2. The van der Waals surface area contributed by atoms with Gasteiger partial charge < -0.3 is 10.8 Å². The van der Waals surface area contributed by atoms with Gasteiger partial charge in [0, 0.05) is 23.0 Å². The molecule has 1 aromatic carbocycles. The molecule has 0 aliphatic carbocycles. The zero-order valence-corrected chi connectivity index (χ0v) is 8.42. The van der Waals surface area contributed by atoms with Crippen LogP contribution in [0.25, 0.3) is 11.1 Å². The molecule has 16 heavy (non-hydrogen) atoms. The van der Waals surface area contributed by atoms with Gasteiger partial charge in [0.05, 0.1) is 0 Å². The fourth-order valence-corrected chi connectivity index (χ4v) is 1.44. The van der Waals surface area contributed by atoms with E-state index < -0.39 is 5.97 Å². The summed E-state index contributed by atoms with van der Waals surface area (Å²) in [5.74, 6) is -1.03. The fourth-order valence-electron chi connectivity index (χ4n) is 1.44. The molecule has 4 heteroatoms. The third kappa shape index (κ3) is 1.86. The van der Waals surface area contributed by atoms with Crippen LogP contribution in [0.4, 0.5) is 5.69 Å². The van der Waals surface area contributed by atoms with E-state index in [1.165, 1.54) is 12.3 Å². The molecule has 2 rings (SSSR count). The van der Waals surface area contributed by atoms with Crippen LogP contribution in [0.3, 0.4) is 0 Å². The van der Waals surface area contributed by atoms with Gasteiger partial charge in [0.2, 0.25) is 0 Å². The van der Waals surface area contributed by atoms with Gasteiger partial charge in [-0.2, -0.15) is 0 Å². The normalized spacial score (nSPS) is 10.0. The lowest BCUT2D eigenvalue weighted by Gasteiger charge is -2.04. The van der Waals surface area contributed by atoms with E-state index in [9.17, 15) is 4.79 Å². The quantitative estimate of drug-likeness (QED) is 0.750. The van der Waals surface area contributed by atoms with Crippen LogP contribution >= 0.6 is 0 Å². The van der Waals surface area contributed by atoms with Crippen LogP contribution < -0.4 is 5.73 Å². The Bertz CT molecular complexity index is 521. The van der Waals surface area contributed by atoms with Crippen molar-refractivity contribution in [2.75, 3.05) is 5.73 Å². The predicted molar refractivity (Wildman–Crippen MR) is 61.0 cm³/mol. The number of aromatic carboxylic acids is 1. The van der Waals surface area contributed by atoms with Gasteiger partial charge in [-0.05, 0) is 12.1 Å². The van der Waals surface area contributed by atoms with E-state index in [1.807, 2.05) is 18.2 Å². The van der Waals surface area contributed by atoms with Crippen molar-refractivity contribution in [2.24, 2.45) is 0 Å². The van der Waals surface area contributed by atoms with Gasteiger partial charge in [-0.15, -0.1) is 0 Å². The molecule has 2 aromatic rings. The minimum Gasteiger partial charge on any atom is -0.477 e. The van der Waals surface area contributed by atoms with Gasteiger partial charge in [0.15, 0.2) is 0 Å². The van der Waals surface area contributed by atoms with Gasteiger partial charge in [0.25, 0.3) is 0 Å². The highest BCUT2D eigenvalue weighted by Gasteiger charge is 2.06. The molecule has 0 aliphatic rings. The number of para-hydroxylation sites is 1. The van der Waals surface area contributed by atoms with E-state index in [4.69, 9.17) is 10.8 Å². The van der Waals surface area contributed by atoms with Crippen molar-refractivity contribution >= 4 is 11.7 Å². The van der Waals surface area contributed by atoms with Gasteiger partial charge in [-0.3, -0.25) is 0 Å². The van der Waals surface area contributed by atoms with E-state index in [0.29, 0.717) is 5.69 Å². The van der Waals surface area contributed by atoms with Crippen molar-refractivity contribution in [3.63, 3.8) is 0 Å². The minimum absolute atomic E-state index is 0.0262. The summed E-state index contributed by atoms with van der Waals surface area (Å²) in [4.78, 5) is 14.5. The molecule has 0 saturated carbocycles. The van der Waals surface area contributed by atoms with Crippen molar-refractivity contribution in [3.8, 4) is 11.1 Å². The molecule has 0 bridgehead atoms. The zero-order chi connectivity index (χ0) is 11.5. The molecule has 4 nitrogen and oxygen atoms in total. The van der Waals surface area contributed by atoms with Crippen LogP contribution in [0.1, 0.15) is 10.5 Å². The third-order valence-electron chi connectivity index (χ3n) is 2.25. The predicted octanol–water partition coefficient (Wildman–Crippen LogP) is 2.03. The van der Waals surface area contributed by atoms with Crippen molar-refractivity contribution in [1.29, 1.82) is 0 Å². The number of carboxylic acids is 1. The van der Waals surface area contributed by atoms with E-state index in [-0.39, 0.29) is 5.69 Å².